The predicted octanol–water partition coefficient (Wildman–Crippen LogP) is 4.16. The minimum Gasteiger partial charge on any atom is -0.356 e. The molecule has 27 heavy (non-hydrogen) atoms. The second-order valence-electron chi connectivity index (χ2n) is 7.97. The molecule has 2 aromatic rings. The summed E-state index contributed by atoms with van der Waals surface area (Å²) in [7, 11) is 1.86. The smallest absolute Gasteiger partial charge is 0.191 e. The van der Waals surface area contributed by atoms with Crippen molar-refractivity contribution in [3.8, 4) is 0 Å². The lowest BCUT2D eigenvalue weighted by molar-refractivity contribution is 0.179. The molecule has 0 unspecified atom stereocenters. The molecule has 0 amide bonds. The predicted molar refractivity (Wildman–Crippen MR) is 119 cm³/mol. The minimum atomic E-state index is 0.110. The Balaban J connectivity index is 1.37. The highest BCUT2D eigenvalue weighted by molar-refractivity contribution is 7.10. The van der Waals surface area contributed by atoms with Crippen molar-refractivity contribution in [2.45, 2.75) is 38.6 Å². The Labute approximate surface area is 171 Å². The Bertz CT molecular complexity index is 684. The first-order valence-electron chi connectivity index (χ1n) is 9.80. The summed E-state index contributed by atoms with van der Waals surface area (Å²) < 4.78 is 0. The van der Waals surface area contributed by atoms with Crippen molar-refractivity contribution in [1.29, 1.82) is 0 Å². The van der Waals surface area contributed by atoms with E-state index in [0.717, 1.165) is 31.5 Å². The summed E-state index contributed by atoms with van der Waals surface area (Å²) in [5, 5.41) is 11.4. The van der Waals surface area contributed by atoms with Crippen LogP contribution < -0.4 is 10.6 Å². The molecule has 148 valence electrons. The van der Waals surface area contributed by atoms with E-state index in [-0.39, 0.29) is 5.41 Å². The summed E-state index contributed by atoms with van der Waals surface area (Å²) in [6.45, 7) is 9.95. The number of hydrogen-bond donors (Lipinski definition) is 2. The van der Waals surface area contributed by atoms with Gasteiger partial charge in [-0.3, -0.25) is 9.89 Å². The fourth-order valence-electron chi connectivity index (χ4n) is 3.49. The van der Waals surface area contributed by atoms with Crippen LogP contribution >= 0.6 is 22.7 Å². The molecular formula is C21H32N4S2. The number of guanidine groups is 1. The first-order chi connectivity index (χ1) is 13.1. The van der Waals surface area contributed by atoms with E-state index in [2.05, 4.69) is 69.4 Å². The van der Waals surface area contributed by atoms with Gasteiger partial charge in [0.15, 0.2) is 5.96 Å². The molecule has 3 rings (SSSR count). The van der Waals surface area contributed by atoms with E-state index in [9.17, 15) is 0 Å². The molecule has 4 nitrogen and oxygen atoms in total. The third kappa shape index (κ3) is 6.06. The van der Waals surface area contributed by atoms with E-state index in [1.807, 2.05) is 29.7 Å². The molecule has 1 aliphatic rings. The average Bonchev–Trinajstić information content (AvgIpc) is 3.37. The quantitative estimate of drug-likeness (QED) is 0.538. The number of nitrogens with zero attached hydrogens (tertiary/aromatic N) is 2. The van der Waals surface area contributed by atoms with Gasteiger partial charge in [0, 0.05) is 41.9 Å². The van der Waals surface area contributed by atoms with E-state index in [0.29, 0.717) is 0 Å². The summed E-state index contributed by atoms with van der Waals surface area (Å²) in [6.07, 6.45) is 2.52. The standard InChI is InChI=1S/C21H32N4S2/c1-21(2,19-7-5-13-27-19)16-24-20(22-3)23-14-17-8-10-25(11-9-17)15-18-6-4-12-26-18/h4-7,12-13,17H,8-11,14-16H2,1-3H3,(H2,22,23,24). The summed E-state index contributed by atoms with van der Waals surface area (Å²) in [5.74, 6) is 1.65. The molecule has 1 saturated heterocycles. The van der Waals surface area contributed by atoms with E-state index in [1.54, 1.807) is 0 Å². The van der Waals surface area contributed by atoms with Gasteiger partial charge >= 0.3 is 0 Å². The summed E-state index contributed by atoms with van der Waals surface area (Å²) >= 11 is 3.69. The summed E-state index contributed by atoms with van der Waals surface area (Å²) in [4.78, 5) is 9.88. The second-order valence-corrected chi connectivity index (χ2v) is 9.95. The van der Waals surface area contributed by atoms with Crippen LogP contribution in [0.25, 0.3) is 0 Å². The van der Waals surface area contributed by atoms with Gasteiger partial charge in [-0.15, -0.1) is 22.7 Å². The Hall–Kier alpha value is -1.37. The maximum absolute atomic E-state index is 4.41. The van der Waals surface area contributed by atoms with Crippen LogP contribution in [0.4, 0.5) is 0 Å². The fraction of sp³-hybridized carbons (Fsp3) is 0.571. The van der Waals surface area contributed by atoms with Gasteiger partial charge in [-0.1, -0.05) is 26.0 Å². The normalized spacial score (nSPS) is 17.2. The average molecular weight is 405 g/mol. The van der Waals surface area contributed by atoms with Gasteiger partial charge in [-0.05, 0) is 54.7 Å². The molecule has 0 aromatic carbocycles. The first-order valence-corrected chi connectivity index (χ1v) is 11.6. The second kappa shape index (κ2) is 9.71. The lowest BCUT2D eigenvalue weighted by atomic mass is 9.91. The third-order valence-electron chi connectivity index (χ3n) is 5.33. The van der Waals surface area contributed by atoms with Gasteiger partial charge in [0.05, 0.1) is 0 Å². The number of likely N-dealkylation sites (tertiary alicyclic amines) is 1. The van der Waals surface area contributed by atoms with E-state index >= 15 is 0 Å². The van der Waals surface area contributed by atoms with Crippen molar-refractivity contribution >= 4 is 28.6 Å². The topological polar surface area (TPSA) is 39.7 Å². The van der Waals surface area contributed by atoms with Crippen molar-refractivity contribution in [1.82, 2.24) is 15.5 Å². The number of hydrogen-bond acceptors (Lipinski definition) is 4. The van der Waals surface area contributed by atoms with Crippen LogP contribution in [-0.4, -0.2) is 44.1 Å². The lowest BCUT2D eigenvalue weighted by Gasteiger charge is -2.32. The summed E-state index contributed by atoms with van der Waals surface area (Å²) in [5.41, 5.74) is 0.110. The highest BCUT2D eigenvalue weighted by atomic mass is 32.1. The molecule has 0 radical (unpaired) electrons. The maximum Gasteiger partial charge on any atom is 0.191 e. The number of thiophene rings is 2. The molecule has 6 heteroatoms. The van der Waals surface area contributed by atoms with Crippen molar-refractivity contribution in [3.63, 3.8) is 0 Å². The van der Waals surface area contributed by atoms with Crippen LogP contribution in [0.15, 0.2) is 40.0 Å². The van der Waals surface area contributed by atoms with Crippen LogP contribution in [0.5, 0.6) is 0 Å². The Kier molecular flexibility index (Phi) is 7.33. The van der Waals surface area contributed by atoms with Crippen LogP contribution in [0.3, 0.4) is 0 Å². The molecule has 2 aromatic heterocycles. The third-order valence-corrected chi connectivity index (χ3v) is 7.43. The lowest BCUT2D eigenvalue weighted by Crippen LogP contribution is -2.45. The minimum absolute atomic E-state index is 0.110. The zero-order valence-corrected chi connectivity index (χ0v) is 18.3. The number of nitrogens with one attached hydrogen (secondary N) is 2. The molecule has 1 aliphatic heterocycles. The van der Waals surface area contributed by atoms with E-state index in [4.69, 9.17) is 0 Å². The van der Waals surface area contributed by atoms with Crippen molar-refractivity contribution in [2.75, 3.05) is 33.2 Å². The van der Waals surface area contributed by atoms with Crippen LogP contribution in [0.2, 0.25) is 0 Å². The van der Waals surface area contributed by atoms with Gasteiger partial charge in [0.1, 0.15) is 0 Å². The van der Waals surface area contributed by atoms with E-state index in [1.165, 1.54) is 35.7 Å². The molecule has 0 saturated carbocycles. The summed E-state index contributed by atoms with van der Waals surface area (Å²) in [6, 6.07) is 8.73. The molecule has 3 heterocycles. The molecule has 0 spiro atoms. The van der Waals surface area contributed by atoms with Crippen molar-refractivity contribution < 1.29 is 0 Å². The van der Waals surface area contributed by atoms with Gasteiger partial charge in [-0.2, -0.15) is 0 Å². The highest BCUT2D eigenvalue weighted by Gasteiger charge is 2.23. The monoisotopic (exact) mass is 404 g/mol. The van der Waals surface area contributed by atoms with Crippen molar-refractivity contribution in [3.05, 3.63) is 44.8 Å². The maximum atomic E-state index is 4.41. The van der Waals surface area contributed by atoms with Gasteiger partial charge < -0.3 is 10.6 Å². The largest absolute Gasteiger partial charge is 0.356 e. The van der Waals surface area contributed by atoms with Crippen LogP contribution in [0, 0.1) is 5.92 Å². The van der Waals surface area contributed by atoms with Gasteiger partial charge in [-0.25, -0.2) is 0 Å². The first kappa shape index (κ1) is 20.4. The van der Waals surface area contributed by atoms with Gasteiger partial charge in [0.25, 0.3) is 0 Å². The molecule has 0 bridgehead atoms. The molecule has 0 atom stereocenters. The zero-order chi connectivity index (χ0) is 19.1. The zero-order valence-electron chi connectivity index (χ0n) is 16.7. The molecular weight excluding hydrogens is 372 g/mol. The van der Waals surface area contributed by atoms with E-state index < -0.39 is 0 Å². The number of aliphatic imine (C=N–C) groups is 1. The molecule has 0 aliphatic carbocycles. The Morgan fingerprint density at radius 3 is 2.52 bits per heavy atom. The Morgan fingerprint density at radius 1 is 1.15 bits per heavy atom. The van der Waals surface area contributed by atoms with Crippen molar-refractivity contribution in [2.24, 2.45) is 10.9 Å². The SMILES string of the molecule is CN=C(NCC1CCN(Cc2cccs2)CC1)NCC(C)(C)c1cccs1. The molecule has 2 N–H and O–H groups in total. The van der Waals surface area contributed by atoms with Crippen LogP contribution in [0.1, 0.15) is 36.4 Å². The molecule has 1 fully saturated rings. The highest BCUT2D eigenvalue weighted by Crippen LogP contribution is 2.26. The Morgan fingerprint density at radius 2 is 1.89 bits per heavy atom. The van der Waals surface area contributed by atoms with Crippen LogP contribution in [-0.2, 0) is 12.0 Å². The van der Waals surface area contributed by atoms with Gasteiger partial charge in [0.2, 0.25) is 0 Å². The number of piperidine rings is 1. The fourth-order valence-corrected chi connectivity index (χ4v) is 5.09. The number of rotatable bonds is 7.